The molecule has 0 bridgehead atoms. The van der Waals surface area contributed by atoms with Gasteiger partial charge >= 0.3 is 0 Å². The molecule has 0 saturated heterocycles. The van der Waals surface area contributed by atoms with E-state index in [0.717, 1.165) is 11.4 Å². The van der Waals surface area contributed by atoms with Gasteiger partial charge in [0.2, 0.25) is 0 Å². The van der Waals surface area contributed by atoms with Gasteiger partial charge < -0.3 is 0 Å². The molecule has 0 aliphatic carbocycles. The molecular weight excluding hydrogens is 398 g/mol. The Kier molecular flexibility index (Phi) is 4.97. The predicted molar refractivity (Wildman–Crippen MR) is 142 cm³/mol. The third kappa shape index (κ3) is 4.09. The van der Waals surface area contributed by atoms with Gasteiger partial charge in [-0.05, 0) is 68.5 Å². The maximum absolute atomic E-state index is 4.88. The van der Waals surface area contributed by atoms with Crippen LogP contribution in [0.15, 0.2) is 84.9 Å². The second kappa shape index (κ2) is 7.63. The number of hydrogen-bond acceptors (Lipinski definition) is 0. The predicted octanol–water partition coefficient (Wildman–Crippen LogP) is 9.16. The van der Waals surface area contributed by atoms with Crippen molar-refractivity contribution in [1.82, 2.24) is 5.32 Å². The highest BCUT2D eigenvalue weighted by molar-refractivity contribution is 5.94. The molecule has 33 heavy (non-hydrogen) atoms. The van der Waals surface area contributed by atoms with Gasteiger partial charge in [0.25, 0.3) is 0 Å². The summed E-state index contributed by atoms with van der Waals surface area (Å²) in [6.45, 7) is 13.5. The van der Waals surface area contributed by atoms with Crippen LogP contribution in [0.3, 0.4) is 0 Å². The van der Waals surface area contributed by atoms with E-state index in [-0.39, 0.29) is 10.8 Å². The fourth-order valence-corrected chi connectivity index (χ4v) is 4.51. The molecule has 0 aromatic heterocycles. The third-order valence-electron chi connectivity index (χ3n) is 6.69. The van der Waals surface area contributed by atoms with Gasteiger partial charge in [0, 0.05) is 11.1 Å². The van der Waals surface area contributed by atoms with Crippen molar-refractivity contribution in [2.45, 2.75) is 52.4 Å². The van der Waals surface area contributed by atoms with E-state index in [1.807, 2.05) is 0 Å². The van der Waals surface area contributed by atoms with Gasteiger partial charge in [0.1, 0.15) is 0 Å². The van der Waals surface area contributed by atoms with Crippen molar-refractivity contribution in [3.05, 3.63) is 96.1 Å². The normalized spacial score (nSPS) is 12.8. The van der Waals surface area contributed by atoms with Crippen molar-refractivity contribution in [3.63, 3.8) is 0 Å². The minimum Gasteiger partial charge on any atom is -0.248 e. The fourth-order valence-electron chi connectivity index (χ4n) is 4.51. The van der Waals surface area contributed by atoms with Crippen LogP contribution in [0.1, 0.15) is 52.7 Å². The van der Waals surface area contributed by atoms with Gasteiger partial charge in [-0.25, -0.2) is 5.32 Å². The first-order valence-electron chi connectivity index (χ1n) is 11.8. The third-order valence-corrected chi connectivity index (χ3v) is 6.69. The lowest BCUT2D eigenvalue weighted by molar-refractivity contribution is 0.590. The van der Waals surface area contributed by atoms with E-state index in [9.17, 15) is 0 Å². The average molecular weight is 431 g/mol. The standard InChI is InChI=1S/C32H32N/c1-31(2,3)25-13-7-21(8-14-25)23-11-17-29-27(19-23)28-20-24(12-18-30(28)33-29)22-9-15-26(16-10-22)32(4,5)6/h7-20H,1-6H3. The minimum atomic E-state index is 0.162. The van der Waals surface area contributed by atoms with Crippen LogP contribution in [-0.2, 0) is 10.8 Å². The molecule has 1 radical (unpaired) electrons. The van der Waals surface area contributed by atoms with Crippen LogP contribution in [0.25, 0.3) is 33.4 Å². The summed E-state index contributed by atoms with van der Waals surface area (Å²) in [5.41, 5.74) is 12.5. The summed E-state index contributed by atoms with van der Waals surface area (Å²) in [4.78, 5) is 0. The zero-order chi connectivity index (χ0) is 23.4. The quantitative estimate of drug-likeness (QED) is 0.265. The van der Waals surface area contributed by atoms with Gasteiger partial charge in [-0.3, -0.25) is 0 Å². The first-order valence-corrected chi connectivity index (χ1v) is 11.8. The Morgan fingerprint density at radius 3 is 1.09 bits per heavy atom. The molecule has 1 nitrogen and oxygen atoms in total. The highest BCUT2D eigenvalue weighted by Gasteiger charge is 2.21. The lowest BCUT2D eigenvalue weighted by Crippen LogP contribution is -2.10. The Labute approximate surface area is 198 Å². The molecule has 0 amide bonds. The molecule has 1 heteroatoms. The lowest BCUT2D eigenvalue weighted by atomic mass is 9.86. The molecule has 0 spiro atoms. The van der Waals surface area contributed by atoms with Gasteiger partial charge in [0.15, 0.2) is 0 Å². The zero-order valence-corrected chi connectivity index (χ0v) is 20.5. The van der Waals surface area contributed by atoms with Crippen molar-refractivity contribution in [3.8, 4) is 33.4 Å². The first kappa shape index (κ1) is 21.5. The second-order valence-corrected chi connectivity index (χ2v) is 11.2. The van der Waals surface area contributed by atoms with E-state index in [4.69, 9.17) is 5.32 Å². The van der Waals surface area contributed by atoms with Crippen molar-refractivity contribution < 1.29 is 0 Å². The molecule has 4 aromatic rings. The summed E-state index contributed by atoms with van der Waals surface area (Å²) in [5, 5.41) is 4.88. The van der Waals surface area contributed by atoms with Crippen molar-refractivity contribution in [2.24, 2.45) is 0 Å². The molecule has 0 atom stereocenters. The summed E-state index contributed by atoms with van der Waals surface area (Å²) in [6, 6.07) is 31.2. The van der Waals surface area contributed by atoms with Crippen LogP contribution in [0.5, 0.6) is 0 Å². The van der Waals surface area contributed by atoms with Crippen molar-refractivity contribution in [1.29, 1.82) is 0 Å². The number of nitrogens with zero attached hydrogens (tertiary/aromatic N) is 1. The maximum atomic E-state index is 4.88. The van der Waals surface area contributed by atoms with Crippen molar-refractivity contribution in [2.75, 3.05) is 0 Å². The number of fused-ring (bicyclic) bond motifs is 3. The number of benzene rings is 4. The highest BCUT2D eigenvalue weighted by Crippen LogP contribution is 2.46. The molecule has 0 unspecified atom stereocenters. The number of rotatable bonds is 2. The Balaban J connectivity index is 1.50. The van der Waals surface area contributed by atoms with E-state index in [1.165, 1.54) is 44.5 Å². The Morgan fingerprint density at radius 2 is 0.758 bits per heavy atom. The van der Waals surface area contributed by atoms with Crippen LogP contribution in [-0.4, -0.2) is 0 Å². The summed E-state index contributed by atoms with van der Waals surface area (Å²) >= 11 is 0. The highest BCUT2D eigenvalue weighted by atomic mass is 14.9. The van der Waals surface area contributed by atoms with Gasteiger partial charge in [0.05, 0.1) is 11.4 Å². The molecule has 4 aromatic carbocycles. The average Bonchev–Trinajstić information content (AvgIpc) is 3.15. The largest absolute Gasteiger partial charge is 0.248 e. The summed E-state index contributed by atoms with van der Waals surface area (Å²) < 4.78 is 0. The SMILES string of the molecule is CC(C)(C)c1ccc(-c2ccc3c(c2)-c2cc(-c4ccc(C(C)(C)C)cc4)ccc2[N]3)cc1. The Bertz CT molecular complexity index is 1210. The van der Waals surface area contributed by atoms with Gasteiger partial charge in [-0.15, -0.1) is 0 Å². The Hall–Kier alpha value is -3.32. The van der Waals surface area contributed by atoms with E-state index in [2.05, 4.69) is 126 Å². The van der Waals surface area contributed by atoms with E-state index >= 15 is 0 Å². The minimum absolute atomic E-state index is 0.162. The molecule has 1 aliphatic heterocycles. The van der Waals surface area contributed by atoms with Crippen LogP contribution >= 0.6 is 0 Å². The first-order chi connectivity index (χ1) is 15.6. The monoisotopic (exact) mass is 430 g/mol. The van der Waals surface area contributed by atoms with Gasteiger partial charge in [-0.1, -0.05) is 102 Å². The molecule has 5 rings (SSSR count). The molecule has 0 N–H and O–H groups in total. The molecule has 0 saturated carbocycles. The lowest BCUT2D eigenvalue weighted by Gasteiger charge is -2.19. The summed E-state index contributed by atoms with van der Waals surface area (Å²) in [5.74, 6) is 0. The van der Waals surface area contributed by atoms with Gasteiger partial charge in [-0.2, -0.15) is 0 Å². The van der Waals surface area contributed by atoms with E-state index in [0.29, 0.717) is 0 Å². The van der Waals surface area contributed by atoms with Crippen LogP contribution < -0.4 is 5.32 Å². The second-order valence-electron chi connectivity index (χ2n) is 11.2. The van der Waals surface area contributed by atoms with E-state index in [1.54, 1.807) is 0 Å². The fraction of sp³-hybridized carbons (Fsp3) is 0.250. The molecule has 1 aliphatic rings. The molecular formula is C32H32N. The molecule has 165 valence electrons. The summed E-state index contributed by atoms with van der Waals surface area (Å²) in [7, 11) is 0. The molecule has 1 heterocycles. The summed E-state index contributed by atoms with van der Waals surface area (Å²) in [6.07, 6.45) is 0. The maximum Gasteiger partial charge on any atom is 0.0716 e. The van der Waals surface area contributed by atoms with Crippen LogP contribution in [0, 0.1) is 0 Å². The smallest absolute Gasteiger partial charge is 0.0716 e. The van der Waals surface area contributed by atoms with Crippen molar-refractivity contribution >= 4 is 11.4 Å². The Morgan fingerprint density at radius 1 is 0.424 bits per heavy atom. The number of hydrogen-bond donors (Lipinski definition) is 0. The molecule has 0 fully saturated rings. The van der Waals surface area contributed by atoms with E-state index < -0.39 is 0 Å². The zero-order valence-electron chi connectivity index (χ0n) is 20.5. The topological polar surface area (TPSA) is 14.1 Å². The van der Waals surface area contributed by atoms with Crippen LogP contribution in [0.2, 0.25) is 0 Å². The van der Waals surface area contributed by atoms with Crippen LogP contribution in [0.4, 0.5) is 11.4 Å².